The zero-order valence-corrected chi connectivity index (χ0v) is 12.6. The number of carbonyl (C=O) groups excluding carboxylic acids is 1. The van der Waals surface area contributed by atoms with Crippen LogP contribution >= 0.6 is 11.3 Å². The molecule has 0 aliphatic rings. The first kappa shape index (κ1) is 15.7. The summed E-state index contributed by atoms with van der Waals surface area (Å²) in [6.45, 7) is 1.51. The summed E-state index contributed by atoms with van der Waals surface area (Å²) in [5, 5.41) is 5.24. The average molecular weight is 306 g/mol. The molecule has 3 N–H and O–H groups in total. The Hall–Kier alpha value is -1.72. The largest absolute Gasteiger partial charge is 0.370 e. The maximum absolute atomic E-state index is 13.8. The molecule has 2 rings (SSSR count). The first-order chi connectivity index (χ1) is 10.2. The van der Waals surface area contributed by atoms with Gasteiger partial charge in [-0.1, -0.05) is 12.1 Å². The van der Waals surface area contributed by atoms with E-state index in [4.69, 9.17) is 5.73 Å². The minimum absolute atomic E-state index is 0.192. The zero-order chi connectivity index (χ0) is 15.1. The lowest BCUT2D eigenvalue weighted by molar-refractivity contribution is -0.118. The number of hydrogen-bond acceptors (Lipinski definition) is 3. The molecule has 112 valence electrons. The van der Waals surface area contributed by atoms with Crippen LogP contribution in [-0.2, 0) is 11.3 Å². The fourth-order valence-electron chi connectivity index (χ4n) is 2.08. The SMILES string of the molecule is NC(=O)CCCCNCc1ccc(F)c(-c2cccs2)c1. The summed E-state index contributed by atoms with van der Waals surface area (Å²) >= 11 is 1.53. The van der Waals surface area contributed by atoms with Crippen molar-refractivity contribution in [1.29, 1.82) is 0 Å². The number of rotatable bonds is 8. The van der Waals surface area contributed by atoms with Crippen LogP contribution in [0.25, 0.3) is 10.4 Å². The zero-order valence-electron chi connectivity index (χ0n) is 11.8. The van der Waals surface area contributed by atoms with Gasteiger partial charge in [0.15, 0.2) is 0 Å². The molecule has 5 heteroatoms. The minimum Gasteiger partial charge on any atom is -0.370 e. The Morgan fingerprint density at radius 3 is 2.86 bits per heavy atom. The second kappa shape index (κ2) is 7.90. The highest BCUT2D eigenvalue weighted by atomic mass is 32.1. The molecule has 0 radical (unpaired) electrons. The number of benzene rings is 1. The lowest BCUT2D eigenvalue weighted by Gasteiger charge is -2.07. The predicted molar refractivity (Wildman–Crippen MR) is 84.5 cm³/mol. The van der Waals surface area contributed by atoms with E-state index < -0.39 is 0 Å². The van der Waals surface area contributed by atoms with Crippen molar-refractivity contribution < 1.29 is 9.18 Å². The fourth-order valence-corrected chi connectivity index (χ4v) is 2.83. The second-order valence-corrected chi connectivity index (χ2v) is 5.84. The molecule has 0 aliphatic carbocycles. The molecule has 0 atom stereocenters. The van der Waals surface area contributed by atoms with E-state index in [1.165, 1.54) is 17.4 Å². The first-order valence-electron chi connectivity index (χ1n) is 6.98. The lowest BCUT2D eigenvalue weighted by atomic mass is 10.1. The Bertz CT molecular complexity index is 584. The summed E-state index contributed by atoms with van der Waals surface area (Å²) in [6, 6.07) is 9.03. The van der Waals surface area contributed by atoms with E-state index in [-0.39, 0.29) is 11.7 Å². The van der Waals surface area contributed by atoms with E-state index in [0.717, 1.165) is 29.8 Å². The fraction of sp³-hybridized carbons (Fsp3) is 0.312. The van der Waals surface area contributed by atoms with Crippen molar-refractivity contribution in [3.05, 3.63) is 47.1 Å². The number of primary amides is 1. The van der Waals surface area contributed by atoms with Gasteiger partial charge in [-0.25, -0.2) is 4.39 Å². The molecule has 1 amide bonds. The van der Waals surface area contributed by atoms with E-state index in [1.807, 2.05) is 23.6 Å². The third-order valence-electron chi connectivity index (χ3n) is 3.17. The third kappa shape index (κ3) is 4.95. The van der Waals surface area contributed by atoms with Gasteiger partial charge in [0.05, 0.1) is 0 Å². The van der Waals surface area contributed by atoms with Crippen LogP contribution < -0.4 is 11.1 Å². The van der Waals surface area contributed by atoms with Gasteiger partial charge in [-0.3, -0.25) is 4.79 Å². The molecule has 0 saturated heterocycles. The van der Waals surface area contributed by atoms with Crippen LogP contribution in [0.15, 0.2) is 35.7 Å². The summed E-state index contributed by atoms with van der Waals surface area (Å²) in [4.78, 5) is 11.5. The van der Waals surface area contributed by atoms with E-state index in [0.29, 0.717) is 18.5 Å². The third-order valence-corrected chi connectivity index (χ3v) is 4.08. The maximum atomic E-state index is 13.8. The molecule has 21 heavy (non-hydrogen) atoms. The van der Waals surface area contributed by atoms with E-state index in [2.05, 4.69) is 5.32 Å². The van der Waals surface area contributed by atoms with Gasteiger partial charge in [-0.2, -0.15) is 0 Å². The van der Waals surface area contributed by atoms with E-state index >= 15 is 0 Å². The molecule has 1 aromatic heterocycles. The standard InChI is InChI=1S/C16H19FN2OS/c17-14-7-6-12(10-13(14)15-4-3-9-21-15)11-19-8-2-1-5-16(18)20/h3-4,6-7,9-10,19H,1-2,5,8,11H2,(H2,18,20). The summed E-state index contributed by atoms with van der Waals surface area (Å²) in [5.41, 5.74) is 6.78. The van der Waals surface area contributed by atoms with Gasteiger partial charge >= 0.3 is 0 Å². The average Bonchev–Trinajstić information content (AvgIpc) is 2.98. The maximum Gasteiger partial charge on any atom is 0.217 e. The van der Waals surface area contributed by atoms with Crippen LogP contribution in [0.3, 0.4) is 0 Å². The monoisotopic (exact) mass is 306 g/mol. The van der Waals surface area contributed by atoms with Gasteiger partial charge in [0.2, 0.25) is 5.91 Å². The molecule has 0 fully saturated rings. The van der Waals surface area contributed by atoms with Crippen LogP contribution in [0.2, 0.25) is 0 Å². The number of hydrogen-bond donors (Lipinski definition) is 2. The summed E-state index contributed by atoms with van der Waals surface area (Å²) < 4.78 is 13.8. The Kier molecular flexibility index (Phi) is 5.90. The van der Waals surface area contributed by atoms with Crippen LogP contribution in [0.1, 0.15) is 24.8 Å². The molecule has 0 aliphatic heterocycles. The number of unbranched alkanes of at least 4 members (excludes halogenated alkanes) is 1. The van der Waals surface area contributed by atoms with Crippen LogP contribution in [0.5, 0.6) is 0 Å². The normalized spacial score (nSPS) is 10.7. The van der Waals surface area contributed by atoms with Crippen molar-refractivity contribution in [1.82, 2.24) is 5.32 Å². The molecule has 2 aromatic rings. The number of amides is 1. The molecule has 0 saturated carbocycles. The first-order valence-corrected chi connectivity index (χ1v) is 7.86. The quantitative estimate of drug-likeness (QED) is 0.735. The number of halogens is 1. The highest BCUT2D eigenvalue weighted by Gasteiger charge is 2.07. The van der Waals surface area contributed by atoms with Crippen molar-refractivity contribution in [3.63, 3.8) is 0 Å². The number of nitrogens with two attached hydrogens (primary N) is 1. The highest BCUT2D eigenvalue weighted by molar-refractivity contribution is 7.13. The van der Waals surface area contributed by atoms with Crippen LogP contribution in [-0.4, -0.2) is 12.5 Å². The van der Waals surface area contributed by atoms with Crippen LogP contribution in [0.4, 0.5) is 4.39 Å². The van der Waals surface area contributed by atoms with Gasteiger partial charge in [0, 0.05) is 23.4 Å². The van der Waals surface area contributed by atoms with E-state index in [1.54, 1.807) is 6.07 Å². The van der Waals surface area contributed by atoms with Crippen molar-refractivity contribution in [3.8, 4) is 10.4 Å². The van der Waals surface area contributed by atoms with Crippen LogP contribution in [0, 0.1) is 5.82 Å². The molecule has 1 aromatic carbocycles. The molecular weight excluding hydrogens is 287 g/mol. The molecule has 0 spiro atoms. The lowest BCUT2D eigenvalue weighted by Crippen LogP contribution is -2.16. The van der Waals surface area contributed by atoms with Crippen molar-refractivity contribution >= 4 is 17.2 Å². The Morgan fingerprint density at radius 2 is 2.14 bits per heavy atom. The van der Waals surface area contributed by atoms with Gasteiger partial charge in [0.25, 0.3) is 0 Å². The highest BCUT2D eigenvalue weighted by Crippen LogP contribution is 2.28. The topological polar surface area (TPSA) is 55.1 Å². The van der Waals surface area contributed by atoms with Gasteiger partial charge in [-0.05, 0) is 48.5 Å². The van der Waals surface area contributed by atoms with Gasteiger partial charge in [0.1, 0.15) is 5.82 Å². The van der Waals surface area contributed by atoms with Crippen molar-refractivity contribution in [2.24, 2.45) is 5.73 Å². The molecule has 3 nitrogen and oxygen atoms in total. The van der Waals surface area contributed by atoms with Gasteiger partial charge in [-0.15, -0.1) is 11.3 Å². The van der Waals surface area contributed by atoms with Gasteiger partial charge < -0.3 is 11.1 Å². The molecule has 1 heterocycles. The number of thiophene rings is 1. The van der Waals surface area contributed by atoms with E-state index in [9.17, 15) is 9.18 Å². The molecule has 0 unspecified atom stereocenters. The van der Waals surface area contributed by atoms with Crippen molar-refractivity contribution in [2.75, 3.05) is 6.54 Å². The Morgan fingerprint density at radius 1 is 1.29 bits per heavy atom. The smallest absolute Gasteiger partial charge is 0.217 e. The summed E-state index contributed by atoms with van der Waals surface area (Å²) in [7, 11) is 0. The number of nitrogens with one attached hydrogen (secondary N) is 1. The van der Waals surface area contributed by atoms with Crippen molar-refractivity contribution in [2.45, 2.75) is 25.8 Å². The second-order valence-electron chi connectivity index (χ2n) is 4.89. The predicted octanol–water partition coefficient (Wildman–Crippen LogP) is 3.30. The number of carbonyl (C=O) groups is 1. The minimum atomic E-state index is -0.255. The molecular formula is C16H19FN2OS. The summed E-state index contributed by atoms with van der Waals surface area (Å²) in [5.74, 6) is -0.447. The Balaban J connectivity index is 1.84. The molecule has 0 bridgehead atoms. The summed E-state index contributed by atoms with van der Waals surface area (Å²) in [6.07, 6.45) is 2.13. The Labute approximate surface area is 128 Å².